The number of benzene rings is 1. The predicted octanol–water partition coefficient (Wildman–Crippen LogP) is 2.75. The molecule has 0 aromatic heterocycles. The lowest BCUT2D eigenvalue weighted by atomic mass is 9.87. The normalized spacial score (nSPS) is 21.2. The van der Waals surface area contributed by atoms with Gasteiger partial charge in [0.05, 0.1) is 11.5 Å². The van der Waals surface area contributed by atoms with Crippen LogP contribution in [0.15, 0.2) is 24.3 Å². The highest BCUT2D eigenvalue weighted by Gasteiger charge is 2.29. The van der Waals surface area contributed by atoms with Crippen LogP contribution in [0.1, 0.15) is 39.2 Å². The minimum atomic E-state index is -2.92. The van der Waals surface area contributed by atoms with Gasteiger partial charge in [0.2, 0.25) is 5.91 Å². The van der Waals surface area contributed by atoms with E-state index in [0.717, 1.165) is 5.69 Å². The van der Waals surface area contributed by atoms with E-state index in [1.807, 2.05) is 24.3 Å². The Morgan fingerprint density at radius 2 is 1.86 bits per heavy atom. The van der Waals surface area contributed by atoms with Crippen molar-refractivity contribution in [3.05, 3.63) is 29.8 Å². The summed E-state index contributed by atoms with van der Waals surface area (Å²) in [5.41, 5.74) is 2.05. The first-order valence-electron chi connectivity index (χ1n) is 7.26. The molecule has 0 radical (unpaired) electrons. The van der Waals surface area contributed by atoms with Gasteiger partial charge in [-0.25, -0.2) is 8.42 Å². The van der Waals surface area contributed by atoms with Crippen molar-refractivity contribution in [3.8, 4) is 0 Å². The molecule has 116 valence electrons. The monoisotopic (exact) mass is 309 g/mol. The van der Waals surface area contributed by atoms with Crippen LogP contribution in [0.5, 0.6) is 0 Å². The van der Waals surface area contributed by atoms with E-state index < -0.39 is 9.84 Å². The Kier molecular flexibility index (Phi) is 4.42. The molecule has 0 bridgehead atoms. The van der Waals surface area contributed by atoms with E-state index in [1.165, 1.54) is 5.56 Å². The van der Waals surface area contributed by atoms with Gasteiger partial charge in [0.1, 0.15) is 0 Å². The molecule has 0 spiro atoms. The topological polar surface area (TPSA) is 63.2 Å². The molecular weight excluding hydrogens is 286 g/mol. The molecule has 1 fully saturated rings. The number of anilines is 1. The summed E-state index contributed by atoms with van der Waals surface area (Å²) < 4.78 is 22.8. The Bertz CT molecular complexity index is 612. The molecule has 1 aliphatic heterocycles. The molecule has 21 heavy (non-hydrogen) atoms. The van der Waals surface area contributed by atoms with Crippen LogP contribution in [0.25, 0.3) is 0 Å². The fourth-order valence-corrected chi connectivity index (χ4v) is 4.42. The number of nitrogens with one attached hydrogen (secondary N) is 1. The summed E-state index contributed by atoms with van der Waals surface area (Å²) in [5.74, 6) is 0.207. The summed E-state index contributed by atoms with van der Waals surface area (Å²) in [6, 6.07) is 7.80. The van der Waals surface area contributed by atoms with Crippen molar-refractivity contribution in [3.63, 3.8) is 0 Å². The first kappa shape index (κ1) is 16.0. The average molecular weight is 309 g/mol. The van der Waals surface area contributed by atoms with E-state index in [2.05, 4.69) is 26.1 Å². The van der Waals surface area contributed by atoms with Crippen LogP contribution in [0.2, 0.25) is 0 Å². The second kappa shape index (κ2) is 5.79. The molecule has 1 heterocycles. The van der Waals surface area contributed by atoms with Gasteiger partial charge in [-0.2, -0.15) is 0 Å². The number of carbonyl (C=O) groups is 1. The third-order valence-electron chi connectivity index (χ3n) is 3.84. The lowest BCUT2D eigenvalue weighted by Gasteiger charge is -2.19. The van der Waals surface area contributed by atoms with Crippen LogP contribution in [0, 0.1) is 5.92 Å². The summed E-state index contributed by atoms with van der Waals surface area (Å²) >= 11 is 0. The number of carbonyl (C=O) groups excluding carboxylic acids is 1. The van der Waals surface area contributed by atoms with Crippen molar-refractivity contribution in [1.29, 1.82) is 0 Å². The maximum Gasteiger partial charge on any atom is 0.224 e. The molecule has 1 aromatic carbocycles. The van der Waals surface area contributed by atoms with Gasteiger partial charge < -0.3 is 5.32 Å². The standard InChI is InChI=1S/C16H23NO3S/c1-16(2,3)13-4-6-14(7-5-13)17-15(18)10-12-8-9-21(19,20)11-12/h4-7,12H,8-11H2,1-3H3,(H,17,18)/t12-/m1/s1. The molecule has 2 rings (SSSR count). The molecular formula is C16H23NO3S. The largest absolute Gasteiger partial charge is 0.326 e. The fourth-order valence-electron chi connectivity index (χ4n) is 2.56. The minimum Gasteiger partial charge on any atom is -0.326 e. The SMILES string of the molecule is CC(C)(C)c1ccc(NC(=O)C[C@H]2CCS(=O)(=O)C2)cc1. The van der Waals surface area contributed by atoms with Crippen LogP contribution in [-0.4, -0.2) is 25.8 Å². The summed E-state index contributed by atoms with van der Waals surface area (Å²) in [4.78, 5) is 12.0. The van der Waals surface area contributed by atoms with E-state index >= 15 is 0 Å². The highest BCUT2D eigenvalue weighted by molar-refractivity contribution is 7.91. The maximum atomic E-state index is 12.0. The zero-order valence-electron chi connectivity index (χ0n) is 12.8. The number of hydrogen-bond donors (Lipinski definition) is 1. The van der Waals surface area contributed by atoms with Gasteiger partial charge >= 0.3 is 0 Å². The molecule has 1 aliphatic rings. The number of hydrogen-bond acceptors (Lipinski definition) is 3. The third-order valence-corrected chi connectivity index (χ3v) is 5.67. The second-order valence-corrected chi connectivity index (χ2v) is 9.08. The molecule has 1 N–H and O–H groups in total. The number of rotatable bonds is 3. The van der Waals surface area contributed by atoms with Gasteiger partial charge in [-0.15, -0.1) is 0 Å². The Morgan fingerprint density at radius 3 is 2.33 bits per heavy atom. The van der Waals surface area contributed by atoms with Gasteiger partial charge in [-0.05, 0) is 35.4 Å². The number of amides is 1. The predicted molar refractivity (Wildman–Crippen MR) is 85.1 cm³/mol. The van der Waals surface area contributed by atoms with Crippen LogP contribution in [0.3, 0.4) is 0 Å². The minimum absolute atomic E-state index is 0.0381. The Hall–Kier alpha value is -1.36. The van der Waals surface area contributed by atoms with E-state index in [1.54, 1.807) is 0 Å². The molecule has 1 aromatic rings. The molecule has 1 atom stereocenters. The van der Waals surface area contributed by atoms with Gasteiger partial charge in [-0.3, -0.25) is 4.79 Å². The summed E-state index contributed by atoms with van der Waals surface area (Å²) in [7, 11) is -2.92. The van der Waals surface area contributed by atoms with Crippen molar-refractivity contribution in [2.75, 3.05) is 16.8 Å². The van der Waals surface area contributed by atoms with Crippen LogP contribution >= 0.6 is 0 Å². The quantitative estimate of drug-likeness (QED) is 0.934. The van der Waals surface area contributed by atoms with Crippen LogP contribution in [0.4, 0.5) is 5.69 Å². The summed E-state index contributed by atoms with van der Waals surface area (Å²) in [5, 5.41) is 2.84. The highest BCUT2D eigenvalue weighted by Crippen LogP contribution is 2.24. The van der Waals surface area contributed by atoms with E-state index in [9.17, 15) is 13.2 Å². The van der Waals surface area contributed by atoms with Crippen molar-refractivity contribution in [2.45, 2.75) is 39.0 Å². The molecule has 5 heteroatoms. The third kappa shape index (κ3) is 4.56. The first-order valence-corrected chi connectivity index (χ1v) is 9.09. The van der Waals surface area contributed by atoms with Gasteiger partial charge in [0.15, 0.2) is 9.84 Å². The lowest BCUT2D eigenvalue weighted by Crippen LogP contribution is -2.17. The smallest absolute Gasteiger partial charge is 0.224 e. The number of sulfone groups is 1. The maximum absolute atomic E-state index is 12.0. The van der Waals surface area contributed by atoms with Crippen molar-refractivity contribution in [1.82, 2.24) is 0 Å². The molecule has 1 saturated heterocycles. The lowest BCUT2D eigenvalue weighted by molar-refractivity contribution is -0.116. The van der Waals surface area contributed by atoms with Crippen molar-refractivity contribution < 1.29 is 13.2 Å². The first-order chi connectivity index (χ1) is 9.66. The Labute approximate surface area is 126 Å². The summed E-state index contributed by atoms with van der Waals surface area (Å²) in [6.07, 6.45) is 0.874. The highest BCUT2D eigenvalue weighted by atomic mass is 32.2. The molecule has 0 unspecified atom stereocenters. The molecule has 0 aliphatic carbocycles. The van der Waals surface area contributed by atoms with E-state index in [0.29, 0.717) is 6.42 Å². The van der Waals surface area contributed by atoms with E-state index in [4.69, 9.17) is 0 Å². The Balaban J connectivity index is 1.91. The van der Waals surface area contributed by atoms with Gasteiger partial charge in [0.25, 0.3) is 0 Å². The van der Waals surface area contributed by atoms with Crippen LogP contribution in [-0.2, 0) is 20.0 Å². The van der Waals surface area contributed by atoms with Crippen molar-refractivity contribution in [2.24, 2.45) is 5.92 Å². The molecule has 1 amide bonds. The average Bonchev–Trinajstić information content (AvgIpc) is 2.68. The van der Waals surface area contributed by atoms with Crippen LogP contribution < -0.4 is 5.32 Å². The second-order valence-electron chi connectivity index (χ2n) is 6.85. The Morgan fingerprint density at radius 1 is 1.24 bits per heavy atom. The molecule has 4 nitrogen and oxygen atoms in total. The van der Waals surface area contributed by atoms with Crippen molar-refractivity contribution >= 4 is 21.4 Å². The summed E-state index contributed by atoms with van der Waals surface area (Å²) in [6.45, 7) is 6.42. The van der Waals surface area contributed by atoms with Gasteiger partial charge in [-0.1, -0.05) is 32.9 Å². The molecule has 0 saturated carbocycles. The van der Waals surface area contributed by atoms with Gasteiger partial charge in [0, 0.05) is 12.1 Å². The fraction of sp³-hybridized carbons (Fsp3) is 0.562. The van der Waals surface area contributed by atoms with E-state index in [-0.39, 0.29) is 35.2 Å². The zero-order valence-corrected chi connectivity index (χ0v) is 13.7. The zero-order chi connectivity index (χ0) is 15.7.